The summed E-state index contributed by atoms with van der Waals surface area (Å²) in [5.41, 5.74) is 0. The molecule has 18 heavy (non-hydrogen) atoms. The second kappa shape index (κ2) is 6.75. The van der Waals surface area contributed by atoms with Crippen molar-refractivity contribution in [2.75, 3.05) is 6.61 Å². The van der Waals surface area contributed by atoms with Crippen LogP contribution >= 0.6 is 0 Å². The monoisotopic (exact) mass is 267 g/mol. The molecule has 108 valence electrons. The molecule has 1 fully saturated rings. The minimum absolute atomic E-state index is 0.0654. The Kier molecular flexibility index (Phi) is 5.92. The Hall–Kier alpha value is -0.290. The minimum Gasteiger partial charge on any atom is -0.396 e. The molecule has 0 aromatic rings. The van der Waals surface area contributed by atoms with E-state index in [2.05, 4.69) is 5.32 Å². The first-order valence-corrected chi connectivity index (χ1v) is 6.78. The van der Waals surface area contributed by atoms with E-state index in [1.807, 2.05) is 13.8 Å². The summed E-state index contributed by atoms with van der Waals surface area (Å²) in [6, 6.07) is 0.0382. The summed E-state index contributed by atoms with van der Waals surface area (Å²) < 4.78 is 38.1. The quantitative estimate of drug-likeness (QED) is 0.802. The van der Waals surface area contributed by atoms with Gasteiger partial charge in [-0.25, -0.2) is 0 Å². The second-order valence-electron chi connectivity index (χ2n) is 5.63. The van der Waals surface area contributed by atoms with Crippen molar-refractivity contribution in [1.82, 2.24) is 5.32 Å². The lowest BCUT2D eigenvalue weighted by molar-refractivity contribution is -0.184. The van der Waals surface area contributed by atoms with Gasteiger partial charge in [0.15, 0.2) is 0 Å². The van der Waals surface area contributed by atoms with Gasteiger partial charge in [0.25, 0.3) is 0 Å². The fourth-order valence-corrected chi connectivity index (χ4v) is 2.69. The Morgan fingerprint density at radius 3 is 2.44 bits per heavy atom. The van der Waals surface area contributed by atoms with E-state index in [-0.39, 0.29) is 31.5 Å². The smallest absolute Gasteiger partial charge is 0.391 e. The Bertz CT molecular complexity index is 243. The van der Waals surface area contributed by atoms with Gasteiger partial charge in [-0.15, -0.1) is 0 Å². The number of hydrogen-bond acceptors (Lipinski definition) is 2. The van der Waals surface area contributed by atoms with E-state index >= 15 is 0 Å². The van der Waals surface area contributed by atoms with Crippen LogP contribution in [0.15, 0.2) is 0 Å². The molecule has 3 unspecified atom stereocenters. The molecule has 1 aliphatic carbocycles. The standard InChI is InChI=1S/C13H24F3NO/c1-9(2)12(6-7-18)17-11-5-3-4-10(8-11)13(14,15)16/h9-12,17-18H,3-8H2,1-2H3. The van der Waals surface area contributed by atoms with Crippen molar-refractivity contribution >= 4 is 0 Å². The highest BCUT2D eigenvalue weighted by Gasteiger charge is 2.42. The van der Waals surface area contributed by atoms with Gasteiger partial charge in [0.2, 0.25) is 0 Å². The van der Waals surface area contributed by atoms with Gasteiger partial charge in [-0.2, -0.15) is 13.2 Å². The summed E-state index contributed by atoms with van der Waals surface area (Å²) in [5, 5.41) is 12.3. The third-order valence-electron chi connectivity index (χ3n) is 3.83. The maximum atomic E-state index is 12.7. The average molecular weight is 267 g/mol. The Morgan fingerprint density at radius 1 is 1.28 bits per heavy atom. The number of halogens is 3. The number of nitrogens with one attached hydrogen (secondary N) is 1. The Morgan fingerprint density at radius 2 is 1.94 bits per heavy atom. The maximum absolute atomic E-state index is 12.7. The normalized spacial score (nSPS) is 27.5. The van der Waals surface area contributed by atoms with E-state index in [9.17, 15) is 13.2 Å². The molecule has 2 N–H and O–H groups in total. The van der Waals surface area contributed by atoms with Crippen LogP contribution in [0.5, 0.6) is 0 Å². The van der Waals surface area contributed by atoms with E-state index in [4.69, 9.17) is 5.11 Å². The summed E-state index contributed by atoms with van der Waals surface area (Å²) in [5.74, 6) is -0.839. The SMILES string of the molecule is CC(C)C(CCO)NC1CCCC(C(F)(F)F)C1. The second-order valence-corrected chi connectivity index (χ2v) is 5.63. The third-order valence-corrected chi connectivity index (χ3v) is 3.83. The first-order valence-electron chi connectivity index (χ1n) is 6.78. The number of rotatable bonds is 5. The average Bonchev–Trinajstić information content (AvgIpc) is 2.27. The molecule has 3 atom stereocenters. The van der Waals surface area contributed by atoms with Gasteiger partial charge < -0.3 is 10.4 Å². The fourth-order valence-electron chi connectivity index (χ4n) is 2.69. The van der Waals surface area contributed by atoms with Crippen LogP contribution < -0.4 is 5.32 Å². The molecule has 0 radical (unpaired) electrons. The van der Waals surface area contributed by atoms with Gasteiger partial charge in [-0.3, -0.25) is 0 Å². The summed E-state index contributed by atoms with van der Waals surface area (Å²) >= 11 is 0. The minimum atomic E-state index is -4.06. The van der Waals surface area contributed by atoms with Crippen LogP contribution in [0.4, 0.5) is 13.2 Å². The van der Waals surface area contributed by atoms with Gasteiger partial charge in [0.1, 0.15) is 0 Å². The van der Waals surface area contributed by atoms with E-state index in [1.54, 1.807) is 0 Å². The number of aliphatic hydroxyl groups is 1. The Labute approximate surface area is 107 Å². The van der Waals surface area contributed by atoms with E-state index in [0.717, 1.165) is 6.42 Å². The highest BCUT2D eigenvalue weighted by atomic mass is 19.4. The van der Waals surface area contributed by atoms with Gasteiger partial charge in [0.05, 0.1) is 5.92 Å². The fraction of sp³-hybridized carbons (Fsp3) is 1.00. The lowest BCUT2D eigenvalue weighted by atomic mass is 9.84. The molecule has 1 rings (SSSR count). The van der Waals surface area contributed by atoms with Gasteiger partial charge in [0, 0.05) is 18.7 Å². The Balaban J connectivity index is 2.50. The van der Waals surface area contributed by atoms with Crippen LogP contribution in [0.1, 0.15) is 46.0 Å². The summed E-state index contributed by atoms with van der Waals surface area (Å²) in [6.07, 6.45) is -1.59. The highest BCUT2D eigenvalue weighted by molar-refractivity contribution is 4.84. The van der Waals surface area contributed by atoms with Crippen LogP contribution in [0, 0.1) is 11.8 Å². The maximum Gasteiger partial charge on any atom is 0.391 e. The first-order chi connectivity index (χ1) is 8.34. The third kappa shape index (κ3) is 4.76. The molecule has 0 amide bonds. The molecular formula is C13H24F3NO. The molecule has 0 saturated heterocycles. The van der Waals surface area contributed by atoms with Crippen molar-refractivity contribution in [3.05, 3.63) is 0 Å². The molecule has 0 aromatic carbocycles. The van der Waals surface area contributed by atoms with Crippen molar-refractivity contribution in [1.29, 1.82) is 0 Å². The molecule has 0 heterocycles. The summed E-state index contributed by atoms with van der Waals surface area (Å²) in [4.78, 5) is 0. The van der Waals surface area contributed by atoms with E-state index in [0.29, 0.717) is 18.8 Å². The molecule has 1 saturated carbocycles. The van der Waals surface area contributed by atoms with Gasteiger partial charge >= 0.3 is 6.18 Å². The molecule has 1 aliphatic rings. The summed E-state index contributed by atoms with van der Waals surface area (Å²) in [6.45, 7) is 4.13. The molecular weight excluding hydrogens is 243 g/mol. The molecule has 0 bridgehead atoms. The van der Waals surface area contributed by atoms with Crippen LogP contribution in [-0.2, 0) is 0 Å². The number of hydrogen-bond donors (Lipinski definition) is 2. The topological polar surface area (TPSA) is 32.3 Å². The molecule has 2 nitrogen and oxygen atoms in total. The van der Waals surface area contributed by atoms with E-state index in [1.165, 1.54) is 0 Å². The summed E-state index contributed by atoms with van der Waals surface area (Å²) in [7, 11) is 0. The van der Waals surface area contributed by atoms with Gasteiger partial charge in [-0.05, 0) is 31.6 Å². The first kappa shape index (κ1) is 15.8. The predicted octanol–water partition coefficient (Wildman–Crippen LogP) is 3.10. The molecule has 0 aliphatic heterocycles. The van der Waals surface area contributed by atoms with Crippen LogP contribution in [0.3, 0.4) is 0 Å². The number of aliphatic hydroxyl groups excluding tert-OH is 1. The van der Waals surface area contributed by atoms with Crippen LogP contribution in [-0.4, -0.2) is 30.0 Å². The predicted molar refractivity (Wildman–Crippen MR) is 65.3 cm³/mol. The zero-order chi connectivity index (χ0) is 13.8. The zero-order valence-electron chi connectivity index (χ0n) is 11.1. The molecule has 0 aromatic heterocycles. The molecule has 5 heteroatoms. The highest BCUT2D eigenvalue weighted by Crippen LogP contribution is 2.37. The van der Waals surface area contributed by atoms with Crippen molar-refractivity contribution in [2.24, 2.45) is 11.8 Å². The lowest BCUT2D eigenvalue weighted by Crippen LogP contribution is -2.45. The van der Waals surface area contributed by atoms with Crippen molar-refractivity contribution in [2.45, 2.75) is 64.2 Å². The van der Waals surface area contributed by atoms with Crippen LogP contribution in [0.2, 0.25) is 0 Å². The molecule has 0 spiro atoms. The van der Waals surface area contributed by atoms with E-state index < -0.39 is 12.1 Å². The number of alkyl halides is 3. The van der Waals surface area contributed by atoms with Crippen molar-refractivity contribution in [3.8, 4) is 0 Å². The van der Waals surface area contributed by atoms with Crippen LogP contribution in [0.25, 0.3) is 0 Å². The van der Waals surface area contributed by atoms with Crippen molar-refractivity contribution < 1.29 is 18.3 Å². The largest absolute Gasteiger partial charge is 0.396 e. The lowest BCUT2D eigenvalue weighted by Gasteiger charge is -2.34. The zero-order valence-corrected chi connectivity index (χ0v) is 11.1. The van der Waals surface area contributed by atoms with Gasteiger partial charge in [-0.1, -0.05) is 20.3 Å². The van der Waals surface area contributed by atoms with Crippen molar-refractivity contribution in [3.63, 3.8) is 0 Å².